The van der Waals surface area contributed by atoms with Gasteiger partial charge in [-0.1, -0.05) is 13.0 Å². The van der Waals surface area contributed by atoms with Crippen molar-refractivity contribution in [2.45, 2.75) is 13.5 Å². The van der Waals surface area contributed by atoms with E-state index in [9.17, 15) is 4.79 Å². The number of nitrogens with two attached hydrogens (primary N) is 1. The number of methoxy groups -OCH3 is 1. The fraction of sp³-hybridized carbons (Fsp3) is 0.462. The van der Waals surface area contributed by atoms with Crippen LogP contribution in [-0.2, 0) is 11.3 Å². The van der Waals surface area contributed by atoms with Gasteiger partial charge in [-0.2, -0.15) is 0 Å². The van der Waals surface area contributed by atoms with Crippen LogP contribution in [0.25, 0.3) is 0 Å². The molecule has 1 amide bonds. The summed E-state index contributed by atoms with van der Waals surface area (Å²) >= 11 is 3.43. The minimum Gasteiger partial charge on any atom is -0.496 e. The normalized spacial score (nSPS) is 12.1. The molecular weight excluding hydrogens is 296 g/mol. The molecular formula is C13H19BrN2O2. The first-order valence-electron chi connectivity index (χ1n) is 5.77. The maximum Gasteiger partial charge on any atom is 0.226 e. The van der Waals surface area contributed by atoms with Crippen molar-refractivity contribution in [3.05, 3.63) is 28.2 Å². The number of rotatable bonds is 5. The molecule has 5 heteroatoms. The van der Waals surface area contributed by atoms with E-state index in [0.29, 0.717) is 13.1 Å². The van der Waals surface area contributed by atoms with E-state index in [1.807, 2.05) is 25.1 Å². The van der Waals surface area contributed by atoms with Crippen molar-refractivity contribution in [2.24, 2.45) is 11.7 Å². The molecule has 0 spiro atoms. The summed E-state index contributed by atoms with van der Waals surface area (Å²) in [5.41, 5.74) is 6.54. The molecule has 1 aromatic carbocycles. The Bertz CT molecular complexity index is 423. The van der Waals surface area contributed by atoms with Crippen molar-refractivity contribution >= 4 is 21.8 Å². The van der Waals surface area contributed by atoms with Gasteiger partial charge in [-0.05, 0) is 33.6 Å². The Kier molecular flexibility index (Phi) is 5.62. The predicted octanol–water partition coefficient (Wildman–Crippen LogP) is 2.01. The summed E-state index contributed by atoms with van der Waals surface area (Å²) in [6, 6.07) is 5.78. The molecule has 4 nitrogen and oxygen atoms in total. The first kappa shape index (κ1) is 15.0. The molecule has 0 aliphatic rings. The molecule has 0 aliphatic heterocycles. The minimum absolute atomic E-state index is 0.0597. The van der Waals surface area contributed by atoms with Crippen LogP contribution in [0, 0.1) is 5.92 Å². The third-order valence-corrected chi connectivity index (χ3v) is 3.41. The van der Waals surface area contributed by atoms with Crippen LogP contribution in [0.2, 0.25) is 0 Å². The van der Waals surface area contributed by atoms with Gasteiger partial charge in [0.05, 0.1) is 11.6 Å². The first-order valence-corrected chi connectivity index (χ1v) is 6.56. The van der Waals surface area contributed by atoms with E-state index in [-0.39, 0.29) is 11.8 Å². The summed E-state index contributed by atoms with van der Waals surface area (Å²) in [5.74, 6) is 0.698. The van der Waals surface area contributed by atoms with Crippen molar-refractivity contribution in [1.82, 2.24) is 4.90 Å². The first-order chi connectivity index (χ1) is 8.49. The third kappa shape index (κ3) is 3.71. The standard InChI is InChI=1S/C13H19BrN2O2/c1-9(7-15)13(17)16(2)8-10-4-5-12(18-3)11(14)6-10/h4-6,9H,7-8,15H2,1-3H3. The van der Waals surface area contributed by atoms with Crippen LogP contribution in [0.3, 0.4) is 0 Å². The third-order valence-electron chi connectivity index (χ3n) is 2.79. The number of carbonyl (C=O) groups is 1. The van der Waals surface area contributed by atoms with Gasteiger partial charge in [-0.25, -0.2) is 0 Å². The molecule has 0 bridgehead atoms. The number of carbonyl (C=O) groups excluding carboxylic acids is 1. The lowest BCUT2D eigenvalue weighted by Gasteiger charge is -2.21. The fourth-order valence-electron chi connectivity index (χ4n) is 1.64. The number of ether oxygens (including phenoxy) is 1. The highest BCUT2D eigenvalue weighted by molar-refractivity contribution is 9.10. The van der Waals surface area contributed by atoms with Crippen LogP contribution < -0.4 is 10.5 Å². The van der Waals surface area contributed by atoms with Crippen LogP contribution >= 0.6 is 15.9 Å². The lowest BCUT2D eigenvalue weighted by atomic mass is 10.1. The second kappa shape index (κ2) is 6.75. The van der Waals surface area contributed by atoms with Crippen molar-refractivity contribution in [3.8, 4) is 5.75 Å². The number of benzene rings is 1. The number of hydrogen-bond donors (Lipinski definition) is 1. The Morgan fingerprint density at radius 2 is 2.22 bits per heavy atom. The summed E-state index contributed by atoms with van der Waals surface area (Å²) in [7, 11) is 3.41. The Hall–Kier alpha value is -1.07. The van der Waals surface area contributed by atoms with Crippen LogP contribution in [-0.4, -0.2) is 31.5 Å². The molecule has 100 valence electrons. The van der Waals surface area contributed by atoms with Gasteiger partial charge in [0.25, 0.3) is 0 Å². The van der Waals surface area contributed by atoms with E-state index in [1.165, 1.54) is 0 Å². The van der Waals surface area contributed by atoms with Crippen LogP contribution in [0.15, 0.2) is 22.7 Å². The molecule has 0 saturated carbocycles. The summed E-state index contributed by atoms with van der Waals surface area (Å²) in [5, 5.41) is 0. The van der Waals surface area contributed by atoms with E-state index < -0.39 is 0 Å². The quantitative estimate of drug-likeness (QED) is 0.904. The lowest BCUT2D eigenvalue weighted by molar-refractivity contribution is -0.133. The minimum atomic E-state index is -0.142. The highest BCUT2D eigenvalue weighted by atomic mass is 79.9. The van der Waals surface area contributed by atoms with Crippen molar-refractivity contribution < 1.29 is 9.53 Å². The molecule has 0 aromatic heterocycles. The zero-order valence-corrected chi connectivity index (χ0v) is 12.5. The summed E-state index contributed by atoms with van der Waals surface area (Å²) in [6.07, 6.45) is 0. The van der Waals surface area contributed by atoms with E-state index >= 15 is 0 Å². The molecule has 0 aliphatic carbocycles. The topological polar surface area (TPSA) is 55.6 Å². The lowest BCUT2D eigenvalue weighted by Crippen LogP contribution is -2.34. The molecule has 0 fully saturated rings. The zero-order chi connectivity index (χ0) is 13.7. The van der Waals surface area contributed by atoms with Crippen LogP contribution in [0.1, 0.15) is 12.5 Å². The van der Waals surface area contributed by atoms with E-state index in [1.54, 1.807) is 19.1 Å². The summed E-state index contributed by atoms with van der Waals surface area (Å²) < 4.78 is 6.05. The number of hydrogen-bond acceptors (Lipinski definition) is 3. The molecule has 0 saturated heterocycles. The highest BCUT2D eigenvalue weighted by Gasteiger charge is 2.16. The van der Waals surface area contributed by atoms with Gasteiger partial charge in [0.15, 0.2) is 0 Å². The molecule has 1 aromatic rings. The molecule has 0 radical (unpaired) electrons. The molecule has 18 heavy (non-hydrogen) atoms. The van der Waals surface area contributed by atoms with Crippen molar-refractivity contribution in [1.29, 1.82) is 0 Å². The van der Waals surface area contributed by atoms with Crippen LogP contribution in [0.5, 0.6) is 5.75 Å². The van der Waals surface area contributed by atoms with Gasteiger partial charge in [0.1, 0.15) is 5.75 Å². The Balaban J connectivity index is 2.73. The van der Waals surface area contributed by atoms with Gasteiger partial charge in [0, 0.05) is 26.1 Å². The van der Waals surface area contributed by atoms with E-state index in [0.717, 1.165) is 15.8 Å². The van der Waals surface area contributed by atoms with Gasteiger partial charge in [0.2, 0.25) is 5.91 Å². The molecule has 1 atom stereocenters. The summed E-state index contributed by atoms with van der Waals surface area (Å²) in [6.45, 7) is 2.77. The Morgan fingerprint density at radius 3 is 2.72 bits per heavy atom. The van der Waals surface area contributed by atoms with Gasteiger partial charge in [-0.15, -0.1) is 0 Å². The molecule has 2 N–H and O–H groups in total. The maximum absolute atomic E-state index is 11.9. The smallest absolute Gasteiger partial charge is 0.226 e. The number of halogens is 1. The second-order valence-corrected chi connectivity index (χ2v) is 5.15. The monoisotopic (exact) mass is 314 g/mol. The van der Waals surface area contributed by atoms with E-state index in [4.69, 9.17) is 10.5 Å². The predicted molar refractivity (Wildman–Crippen MR) is 75.4 cm³/mol. The highest BCUT2D eigenvalue weighted by Crippen LogP contribution is 2.26. The average molecular weight is 315 g/mol. The van der Waals surface area contributed by atoms with Gasteiger partial charge in [-0.3, -0.25) is 4.79 Å². The van der Waals surface area contributed by atoms with E-state index in [2.05, 4.69) is 15.9 Å². The second-order valence-electron chi connectivity index (χ2n) is 4.30. The Labute approximate surface area is 116 Å². The molecule has 0 heterocycles. The van der Waals surface area contributed by atoms with Crippen LogP contribution in [0.4, 0.5) is 0 Å². The molecule has 1 rings (SSSR count). The maximum atomic E-state index is 11.9. The number of amides is 1. The zero-order valence-electron chi connectivity index (χ0n) is 10.9. The molecule has 1 unspecified atom stereocenters. The van der Waals surface area contributed by atoms with Crippen molar-refractivity contribution in [2.75, 3.05) is 20.7 Å². The van der Waals surface area contributed by atoms with Gasteiger partial charge < -0.3 is 15.4 Å². The largest absolute Gasteiger partial charge is 0.496 e. The fourth-order valence-corrected chi connectivity index (χ4v) is 2.23. The van der Waals surface area contributed by atoms with Crippen molar-refractivity contribution in [3.63, 3.8) is 0 Å². The number of nitrogens with zero attached hydrogens (tertiary/aromatic N) is 1. The summed E-state index contributed by atoms with van der Waals surface area (Å²) in [4.78, 5) is 13.6. The van der Waals surface area contributed by atoms with Gasteiger partial charge >= 0.3 is 0 Å². The average Bonchev–Trinajstić information content (AvgIpc) is 2.37. The Morgan fingerprint density at radius 1 is 1.56 bits per heavy atom. The SMILES string of the molecule is COc1ccc(CN(C)C(=O)C(C)CN)cc1Br.